The van der Waals surface area contributed by atoms with Crippen LogP contribution in [-0.4, -0.2) is 30.5 Å². The number of carbonyl (C=O) groups excluding carboxylic acids is 2. The minimum atomic E-state index is -1.86. The number of benzene rings is 2. The first-order valence-corrected chi connectivity index (χ1v) is 8.71. The van der Waals surface area contributed by atoms with Crippen LogP contribution in [-0.2, 0) is 10.4 Å². The Balaban J connectivity index is 1.96. The third-order valence-electron chi connectivity index (χ3n) is 4.44. The summed E-state index contributed by atoms with van der Waals surface area (Å²) >= 11 is 3.37. The second-order valence-electron chi connectivity index (χ2n) is 5.90. The van der Waals surface area contributed by atoms with Gasteiger partial charge in [-0.15, -0.1) is 0 Å². The number of carbonyl (C=O) groups is 2. The summed E-state index contributed by atoms with van der Waals surface area (Å²) in [6.07, 6.45) is -0.307. The molecule has 1 heterocycles. The van der Waals surface area contributed by atoms with E-state index in [1.807, 2.05) is 13.0 Å². The van der Waals surface area contributed by atoms with E-state index in [-0.39, 0.29) is 12.2 Å². The first-order valence-electron chi connectivity index (χ1n) is 7.92. The van der Waals surface area contributed by atoms with Gasteiger partial charge in [-0.3, -0.25) is 9.59 Å². The molecule has 0 aliphatic carbocycles. The number of hydrogen-bond donors (Lipinski definition) is 1. The number of ketones is 1. The molecule has 0 unspecified atom stereocenters. The summed E-state index contributed by atoms with van der Waals surface area (Å²) in [6, 6.07) is 11.9. The van der Waals surface area contributed by atoms with Gasteiger partial charge in [0.2, 0.25) is 0 Å². The molecule has 1 N–H and O–H groups in total. The van der Waals surface area contributed by atoms with Gasteiger partial charge in [-0.25, -0.2) is 0 Å². The minimum absolute atomic E-state index is 0.303. The summed E-state index contributed by atoms with van der Waals surface area (Å²) in [6.45, 7) is 2.26. The summed E-state index contributed by atoms with van der Waals surface area (Å²) in [5, 5.41) is 11.1. The first kappa shape index (κ1) is 17.6. The molecule has 0 aromatic heterocycles. The zero-order valence-corrected chi connectivity index (χ0v) is 15.5. The maximum absolute atomic E-state index is 12.8. The maximum Gasteiger partial charge on any atom is 0.264 e. The Kier molecular flexibility index (Phi) is 4.67. The quantitative estimate of drug-likeness (QED) is 0.777. The average Bonchev–Trinajstić information content (AvgIpc) is 2.82. The highest BCUT2D eigenvalue weighted by Gasteiger charge is 2.50. The third-order valence-corrected chi connectivity index (χ3v) is 4.93. The van der Waals surface area contributed by atoms with Crippen molar-refractivity contribution >= 4 is 33.3 Å². The zero-order valence-electron chi connectivity index (χ0n) is 14.0. The largest absolute Gasteiger partial charge is 0.497 e. The van der Waals surface area contributed by atoms with E-state index in [0.29, 0.717) is 29.1 Å². The van der Waals surface area contributed by atoms with Crippen molar-refractivity contribution in [2.24, 2.45) is 0 Å². The van der Waals surface area contributed by atoms with Crippen LogP contribution in [0.15, 0.2) is 46.9 Å². The molecule has 0 saturated carbocycles. The normalized spacial score (nSPS) is 19.0. The molecule has 2 aromatic rings. The number of aliphatic hydroxyl groups is 1. The van der Waals surface area contributed by atoms with Gasteiger partial charge in [-0.05, 0) is 49.4 Å². The number of fused-ring (bicyclic) bond motifs is 1. The molecule has 3 rings (SSSR count). The van der Waals surface area contributed by atoms with Crippen LogP contribution in [0.1, 0.15) is 29.3 Å². The lowest BCUT2D eigenvalue weighted by atomic mass is 9.88. The molecule has 0 radical (unpaired) electrons. The number of methoxy groups -OCH3 is 1. The zero-order chi connectivity index (χ0) is 18.2. The predicted octanol–water partition coefficient (Wildman–Crippen LogP) is 3.28. The number of anilines is 1. The summed E-state index contributed by atoms with van der Waals surface area (Å²) in [5.74, 6) is -0.133. The Bertz CT molecular complexity index is 834. The molecule has 0 spiro atoms. The van der Waals surface area contributed by atoms with Crippen molar-refractivity contribution in [3.8, 4) is 5.75 Å². The van der Waals surface area contributed by atoms with Gasteiger partial charge in [0.15, 0.2) is 11.4 Å². The standard InChI is InChI=1S/C19H18BrNO4/c1-3-21-16-9-6-13(20)10-15(16)19(24,18(21)23)11-17(22)12-4-7-14(25-2)8-5-12/h4-10,24H,3,11H2,1-2H3/t19-/m1/s1. The lowest BCUT2D eigenvalue weighted by Crippen LogP contribution is -2.41. The summed E-state index contributed by atoms with van der Waals surface area (Å²) in [4.78, 5) is 26.9. The van der Waals surface area contributed by atoms with Crippen molar-refractivity contribution in [1.82, 2.24) is 0 Å². The van der Waals surface area contributed by atoms with Crippen LogP contribution in [0, 0.1) is 0 Å². The van der Waals surface area contributed by atoms with E-state index in [4.69, 9.17) is 4.74 Å². The number of ether oxygens (including phenoxy) is 1. The van der Waals surface area contributed by atoms with E-state index in [1.54, 1.807) is 43.5 Å². The fraction of sp³-hybridized carbons (Fsp3) is 0.263. The van der Waals surface area contributed by atoms with E-state index >= 15 is 0 Å². The Hall–Kier alpha value is -2.18. The topological polar surface area (TPSA) is 66.8 Å². The monoisotopic (exact) mass is 403 g/mol. The second kappa shape index (κ2) is 6.61. The molecule has 0 saturated heterocycles. The molecule has 1 atom stereocenters. The van der Waals surface area contributed by atoms with Gasteiger partial charge in [0.05, 0.1) is 19.2 Å². The number of nitrogens with zero attached hydrogens (tertiary/aromatic N) is 1. The van der Waals surface area contributed by atoms with E-state index in [1.165, 1.54) is 4.90 Å². The average molecular weight is 404 g/mol. The fourth-order valence-corrected chi connectivity index (χ4v) is 3.48. The van der Waals surface area contributed by atoms with Crippen LogP contribution >= 0.6 is 15.9 Å². The molecule has 6 heteroatoms. The van der Waals surface area contributed by atoms with Crippen molar-refractivity contribution in [2.75, 3.05) is 18.6 Å². The van der Waals surface area contributed by atoms with Crippen LogP contribution in [0.3, 0.4) is 0 Å². The van der Waals surface area contributed by atoms with E-state index in [2.05, 4.69) is 15.9 Å². The molecular formula is C19H18BrNO4. The molecule has 0 fully saturated rings. The van der Waals surface area contributed by atoms with Crippen LogP contribution in [0.25, 0.3) is 0 Å². The van der Waals surface area contributed by atoms with Gasteiger partial charge in [-0.1, -0.05) is 15.9 Å². The Morgan fingerprint density at radius 2 is 1.92 bits per heavy atom. The number of likely N-dealkylation sites (N-methyl/N-ethyl adjacent to an activating group) is 1. The van der Waals surface area contributed by atoms with Gasteiger partial charge in [0, 0.05) is 22.1 Å². The third kappa shape index (κ3) is 2.96. The first-order chi connectivity index (χ1) is 11.9. The lowest BCUT2D eigenvalue weighted by molar-refractivity contribution is -0.135. The molecule has 0 bridgehead atoms. The fourth-order valence-electron chi connectivity index (χ4n) is 3.12. The lowest BCUT2D eigenvalue weighted by Gasteiger charge is -2.22. The molecular weight excluding hydrogens is 386 g/mol. The number of halogens is 1. The maximum atomic E-state index is 12.8. The molecule has 1 amide bonds. The van der Waals surface area contributed by atoms with E-state index < -0.39 is 11.5 Å². The molecule has 5 nitrogen and oxygen atoms in total. The smallest absolute Gasteiger partial charge is 0.264 e. The van der Waals surface area contributed by atoms with Gasteiger partial charge >= 0.3 is 0 Å². The van der Waals surface area contributed by atoms with Gasteiger partial charge in [-0.2, -0.15) is 0 Å². The molecule has 25 heavy (non-hydrogen) atoms. The molecule has 1 aliphatic heterocycles. The number of rotatable bonds is 5. The predicted molar refractivity (Wildman–Crippen MR) is 98.0 cm³/mol. The van der Waals surface area contributed by atoms with Crippen LogP contribution in [0.2, 0.25) is 0 Å². The number of hydrogen-bond acceptors (Lipinski definition) is 4. The SMILES string of the molecule is CCN1C(=O)[C@@](O)(CC(=O)c2ccc(OC)cc2)c2cc(Br)ccc21. The summed E-state index contributed by atoms with van der Waals surface area (Å²) < 4.78 is 5.82. The molecule has 1 aliphatic rings. The van der Waals surface area contributed by atoms with Crippen molar-refractivity contribution in [2.45, 2.75) is 18.9 Å². The van der Waals surface area contributed by atoms with Gasteiger partial charge in [0.1, 0.15) is 5.75 Å². The summed E-state index contributed by atoms with van der Waals surface area (Å²) in [5.41, 5.74) is -0.337. The highest BCUT2D eigenvalue weighted by atomic mass is 79.9. The Morgan fingerprint density at radius 3 is 2.52 bits per heavy atom. The Labute approximate surface area is 154 Å². The minimum Gasteiger partial charge on any atom is -0.497 e. The van der Waals surface area contributed by atoms with E-state index in [9.17, 15) is 14.7 Å². The second-order valence-corrected chi connectivity index (χ2v) is 6.82. The number of amides is 1. The Morgan fingerprint density at radius 1 is 1.24 bits per heavy atom. The van der Waals surface area contributed by atoms with Crippen LogP contribution < -0.4 is 9.64 Å². The number of Topliss-reactive ketones (excluding diaryl/α,β-unsaturated/α-hetero) is 1. The van der Waals surface area contributed by atoms with Gasteiger partial charge < -0.3 is 14.7 Å². The van der Waals surface area contributed by atoms with Gasteiger partial charge in [0.25, 0.3) is 5.91 Å². The van der Waals surface area contributed by atoms with Crippen molar-refractivity contribution in [3.05, 3.63) is 58.1 Å². The highest BCUT2D eigenvalue weighted by Crippen LogP contribution is 2.44. The van der Waals surface area contributed by atoms with E-state index in [0.717, 1.165) is 4.47 Å². The van der Waals surface area contributed by atoms with Crippen molar-refractivity contribution in [1.29, 1.82) is 0 Å². The van der Waals surface area contributed by atoms with Crippen molar-refractivity contribution in [3.63, 3.8) is 0 Å². The highest BCUT2D eigenvalue weighted by molar-refractivity contribution is 9.10. The van der Waals surface area contributed by atoms with Crippen LogP contribution in [0.5, 0.6) is 5.75 Å². The van der Waals surface area contributed by atoms with Crippen molar-refractivity contribution < 1.29 is 19.4 Å². The summed E-state index contributed by atoms with van der Waals surface area (Å²) in [7, 11) is 1.55. The molecule has 2 aromatic carbocycles. The van der Waals surface area contributed by atoms with Crippen LogP contribution in [0.4, 0.5) is 5.69 Å². The molecule has 130 valence electrons.